The molecule has 3 aliphatic rings. The van der Waals surface area contributed by atoms with Crippen molar-refractivity contribution in [2.45, 2.75) is 205 Å². The molecular weight excluding hydrogens is 1250 g/mol. The number of benzene rings is 3. The van der Waals surface area contributed by atoms with E-state index in [-0.39, 0.29) is 58.1 Å². The number of amides is 6. The van der Waals surface area contributed by atoms with Crippen LogP contribution in [0.2, 0.25) is 0 Å². The van der Waals surface area contributed by atoms with Crippen LogP contribution < -0.4 is 31.9 Å². The van der Waals surface area contributed by atoms with E-state index in [0.29, 0.717) is 102 Å². The van der Waals surface area contributed by atoms with Crippen LogP contribution in [-0.4, -0.2) is 84.6 Å². The van der Waals surface area contributed by atoms with Crippen molar-refractivity contribution in [2.75, 3.05) is 16.0 Å². The van der Waals surface area contributed by atoms with Gasteiger partial charge in [0.25, 0.3) is 52.8 Å². The summed E-state index contributed by atoms with van der Waals surface area (Å²) >= 11 is 0. The molecule has 9 rings (SSSR count). The first-order valence-electron chi connectivity index (χ1n) is 34.3. The molecule has 21 heteroatoms. The fourth-order valence-electron chi connectivity index (χ4n) is 14.3. The van der Waals surface area contributed by atoms with Crippen molar-refractivity contribution in [3.8, 4) is 0 Å². The van der Waals surface area contributed by atoms with Crippen LogP contribution in [0.1, 0.15) is 238 Å². The second-order valence-electron chi connectivity index (χ2n) is 28.3. The number of Topliss-reactive ketones (excluding diaryl/α,β-unsaturated/α-hetero) is 3. The fourth-order valence-corrected chi connectivity index (χ4v) is 14.3. The summed E-state index contributed by atoms with van der Waals surface area (Å²) in [6, 6.07) is 13.0. The average molecular weight is 1350 g/mol. The van der Waals surface area contributed by atoms with Gasteiger partial charge in [-0.2, -0.15) is 0 Å². The molecule has 3 fully saturated rings. The van der Waals surface area contributed by atoms with E-state index in [2.05, 4.69) is 66.5 Å². The standard InChI is InChI=1S/C27H36FN3O3.2C25H32FN3O3/c1-15-14-20(12-13-21(15)28)30-25(33)22-16(2)23(31(7)17(22)3)24(32)26(34)29-19-10-8-18(9-11-19)27(4,5)6;2*1-6-17-7-9-18(10-8-17)27-25(32)23(30)22-15(3)21(16(4)29(22)5)24(31)28-19-11-12-20(26)14(2)13-19/h12-14,18-19H,8-11H2,1-7H3,(H,29,34)(H,30,33);2*11-13,17-18H,6-10H2,1-5H3,(H,27,32)(H,28,31). The van der Waals surface area contributed by atoms with Crippen LogP contribution in [0.15, 0.2) is 54.6 Å². The van der Waals surface area contributed by atoms with Gasteiger partial charge in [0.15, 0.2) is 0 Å². The number of hydrogen-bond acceptors (Lipinski definition) is 9. The van der Waals surface area contributed by atoms with Gasteiger partial charge in [0.05, 0.1) is 33.8 Å². The molecule has 3 saturated carbocycles. The van der Waals surface area contributed by atoms with E-state index in [9.17, 15) is 56.3 Å². The third-order valence-corrected chi connectivity index (χ3v) is 20.8. The minimum Gasteiger partial charge on any atom is -0.346 e. The fraction of sp³-hybridized carbons (Fsp3) is 0.494. The van der Waals surface area contributed by atoms with Crippen molar-refractivity contribution in [3.63, 3.8) is 0 Å². The summed E-state index contributed by atoms with van der Waals surface area (Å²) in [5.41, 5.74) is 7.65. The molecule has 0 atom stereocenters. The van der Waals surface area contributed by atoms with Crippen molar-refractivity contribution in [1.29, 1.82) is 0 Å². The van der Waals surface area contributed by atoms with Crippen LogP contribution in [-0.2, 0) is 35.5 Å². The molecule has 6 N–H and O–H groups in total. The van der Waals surface area contributed by atoms with E-state index < -0.39 is 52.8 Å². The molecule has 0 saturated heterocycles. The number of ketones is 3. The van der Waals surface area contributed by atoms with Crippen LogP contribution >= 0.6 is 0 Å². The van der Waals surface area contributed by atoms with Crippen LogP contribution in [0.3, 0.4) is 0 Å². The van der Waals surface area contributed by atoms with Gasteiger partial charge in [-0.3, -0.25) is 43.2 Å². The van der Waals surface area contributed by atoms with Gasteiger partial charge in [0.2, 0.25) is 0 Å². The van der Waals surface area contributed by atoms with Crippen LogP contribution in [0.4, 0.5) is 30.2 Å². The quantitative estimate of drug-likeness (QED) is 0.0375. The molecule has 6 amide bonds. The van der Waals surface area contributed by atoms with Gasteiger partial charge >= 0.3 is 0 Å². The Bertz CT molecular complexity index is 3860. The average Bonchev–Trinajstić information content (AvgIpc) is 1.64. The zero-order valence-corrected chi connectivity index (χ0v) is 60.2. The number of rotatable bonds is 17. The Labute approximate surface area is 574 Å². The molecule has 6 aromatic rings. The van der Waals surface area contributed by atoms with Crippen molar-refractivity contribution in [1.82, 2.24) is 29.7 Å². The van der Waals surface area contributed by atoms with Crippen molar-refractivity contribution in [3.05, 3.63) is 156 Å². The van der Waals surface area contributed by atoms with Crippen LogP contribution in [0, 0.1) is 103 Å². The van der Waals surface area contributed by atoms with Gasteiger partial charge in [-0.1, -0.05) is 47.5 Å². The van der Waals surface area contributed by atoms with Gasteiger partial charge in [0.1, 0.15) is 17.5 Å². The molecule has 528 valence electrons. The molecule has 18 nitrogen and oxygen atoms in total. The molecular formula is C77H100F3N9O9. The highest BCUT2D eigenvalue weighted by Gasteiger charge is 2.36. The second kappa shape index (κ2) is 32.7. The summed E-state index contributed by atoms with van der Waals surface area (Å²) in [6.07, 6.45) is 13.8. The first kappa shape index (κ1) is 76.5. The highest BCUT2D eigenvalue weighted by atomic mass is 19.1. The highest BCUT2D eigenvalue weighted by Crippen LogP contribution is 2.38. The van der Waals surface area contributed by atoms with E-state index in [0.717, 1.165) is 89.9 Å². The molecule has 0 bridgehead atoms. The highest BCUT2D eigenvalue weighted by molar-refractivity contribution is 6.44. The lowest BCUT2D eigenvalue weighted by molar-refractivity contribution is -0.118. The molecule has 0 aliphatic heterocycles. The number of carbonyl (C=O) groups excluding carboxylic acids is 9. The summed E-state index contributed by atoms with van der Waals surface area (Å²) in [6.45, 7) is 26.2. The first-order chi connectivity index (χ1) is 46.1. The summed E-state index contributed by atoms with van der Waals surface area (Å²) in [5, 5.41) is 17.0. The number of aryl methyl sites for hydroxylation is 3. The molecule has 0 unspecified atom stereocenters. The Hall–Kier alpha value is -8.88. The monoisotopic (exact) mass is 1350 g/mol. The molecule has 0 radical (unpaired) electrons. The Morgan fingerprint density at radius 2 is 0.643 bits per heavy atom. The predicted octanol–water partition coefficient (Wildman–Crippen LogP) is 14.5. The smallest absolute Gasteiger partial charge is 0.294 e. The van der Waals surface area contributed by atoms with Gasteiger partial charge < -0.3 is 45.6 Å². The van der Waals surface area contributed by atoms with Crippen molar-refractivity contribution >= 4 is 69.9 Å². The zero-order valence-electron chi connectivity index (χ0n) is 60.2. The summed E-state index contributed by atoms with van der Waals surface area (Å²) in [7, 11) is 5.03. The van der Waals surface area contributed by atoms with Gasteiger partial charge in [-0.25, -0.2) is 13.2 Å². The number of aromatic nitrogens is 3. The van der Waals surface area contributed by atoms with Crippen molar-refractivity contribution in [2.24, 2.45) is 44.3 Å². The number of carbonyl (C=O) groups is 9. The van der Waals surface area contributed by atoms with E-state index >= 15 is 0 Å². The van der Waals surface area contributed by atoms with Crippen LogP contribution in [0.5, 0.6) is 0 Å². The van der Waals surface area contributed by atoms with Gasteiger partial charge in [-0.15, -0.1) is 0 Å². The van der Waals surface area contributed by atoms with E-state index in [1.807, 2.05) is 0 Å². The number of nitrogens with zero attached hydrogens (tertiary/aromatic N) is 3. The third kappa shape index (κ3) is 17.9. The largest absolute Gasteiger partial charge is 0.346 e. The Morgan fingerprint density at radius 1 is 0.398 bits per heavy atom. The summed E-state index contributed by atoms with van der Waals surface area (Å²) < 4.78 is 45.4. The van der Waals surface area contributed by atoms with E-state index in [1.165, 1.54) is 36.4 Å². The van der Waals surface area contributed by atoms with Crippen molar-refractivity contribution < 1.29 is 56.3 Å². The van der Waals surface area contributed by atoms with Gasteiger partial charge in [-0.05, 0) is 251 Å². The Kier molecular flexibility index (Phi) is 25.5. The number of hydrogen-bond donors (Lipinski definition) is 6. The maximum atomic E-state index is 13.6. The summed E-state index contributed by atoms with van der Waals surface area (Å²) in [5.74, 6) is -4.07. The summed E-state index contributed by atoms with van der Waals surface area (Å²) in [4.78, 5) is 116. The third-order valence-electron chi connectivity index (χ3n) is 20.8. The SMILES string of the molecule is CCC1CCC(NC(=O)C(=O)c2c(C)c(C(=O)Nc3ccc(F)c(C)c3)c(C)n2C)CC1.CCC1CCC(NC(=O)C(=O)c2c(C)c(C(=O)Nc3ccc(F)c(C)c3)c(C)n2C)CC1.Cc1cc(NC(=O)c2c(C)c(C(=O)C(=O)NC3CCC(C(C)(C)C)CC3)n(C)c2C)ccc1F. The lowest BCUT2D eigenvalue weighted by Crippen LogP contribution is -2.43. The molecule has 3 aromatic heterocycles. The number of nitrogens with one attached hydrogen (secondary N) is 6. The molecule has 3 aliphatic carbocycles. The molecule has 98 heavy (non-hydrogen) atoms. The zero-order chi connectivity index (χ0) is 72.5. The molecule has 3 heterocycles. The number of anilines is 3. The van der Waals surface area contributed by atoms with Crippen LogP contribution in [0.25, 0.3) is 0 Å². The normalized spacial score (nSPS) is 18.4. The molecule has 3 aromatic carbocycles. The lowest BCUT2D eigenvalue weighted by atomic mass is 9.71. The number of halogens is 3. The Balaban J connectivity index is 0.000000207. The van der Waals surface area contributed by atoms with E-state index in [1.54, 1.807) is 115 Å². The Morgan fingerprint density at radius 3 is 0.867 bits per heavy atom. The molecule has 0 spiro atoms. The maximum Gasteiger partial charge on any atom is 0.294 e. The minimum absolute atomic E-state index is 0.0128. The second-order valence-corrected chi connectivity index (χ2v) is 28.3. The maximum absolute atomic E-state index is 13.6. The minimum atomic E-state index is -0.641. The lowest BCUT2D eigenvalue weighted by Gasteiger charge is -2.37. The predicted molar refractivity (Wildman–Crippen MR) is 377 cm³/mol. The topological polar surface area (TPSA) is 241 Å². The first-order valence-corrected chi connectivity index (χ1v) is 34.3. The van der Waals surface area contributed by atoms with Gasteiger partial charge in [0, 0.05) is 73.4 Å². The van der Waals surface area contributed by atoms with E-state index in [4.69, 9.17) is 0 Å².